The van der Waals surface area contributed by atoms with Crippen LogP contribution in [-0.4, -0.2) is 11.2 Å². The molecule has 1 fully saturated rings. The first-order valence-electron chi connectivity index (χ1n) is 5.61. The van der Waals surface area contributed by atoms with Gasteiger partial charge in [-0.25, -0.2) is 0 Å². The van der Waals surface area contributed by atoms with Gasteiger partial charge in [0.25, 0.3) is 0 Å². The first kappa shape index (κ1) is 13.6. The van der Waals surface area contributed by atoms with Crippen LogP contribution >= 0.6 is 11.6 Å². The average molecular weight is 280 g/mol. The molecule has 0 radical (unpaired) electrons. The second-order valence-corrected chi connectivity index (χ2v) is 4.94. The summed E-state index contributed by atoms with van der Waals surface area (Å²) in [7, 11) is 0. The second-order valence-electron chi connectivity index (χ2n) is 4.56. The highest BCUT2D eigenvalue weighted by Gasteiger charge is 2.38. The van der Waals surface area contributed by atoms with E-state index in [2.05, 4.69) is 0 Å². The molecule has 2 rings (SSSR count). The van der Waals surface area contributed by atoms with E-state index in [1.807, 2.05) is 0 Å². The molecule has 6 heteroatoms. The lowest BCUT2D eigenvalue weighted by molar-refractivity contribution is -0.137. The standard InChI is InChI=1S/C12H13ClF3NO/c13-9-7(10(17)11(18)6-4-5-6)2-1-3-8(9)12(14,15)16/h1-3,6,10-11,18H,4-5,17H2/t10-,11+/m0/s1. The number of rotatable bonds is 3. The molecule has 1 aliphatic carbocycles. The Labute approximate surface area is 108 Å². The highest BCUT2D eigenvalue weighted by molar-refractivity contribution is 6.32. The van der Waals surface area contributed by atoms with Crippen LogP contribution in [0.1, 0.15) is 30.0 Å². The number of hydrogen-bond donors (Lipinski definition) is 2. The number of nitrogens with two attached hydrogens (primary N) is 1. The summed E-state index contributed by atoms with van der Waals surface area (Å²) in [4.78, 5) is 0. The van der Waals surface area contributed by atoms with Crippen LogP contribution in [0.25, 0.3) is 0 Å². The van der Waals surface area contributed by atoms with E-state index in [0.29, 0.717) is 0 Å². The highest BCUT2D eigenvalue weighted by atomic mass is 35.5. The minimum atomic E-state index is -4.52. The van der Waals surface area contributed by atoms with Crippen LogP contribution in [0.2, 0.25) is 5.02 Å². The normalized spacial score (nSPS) is 19.7. The molecule has 2 nitrogen and oxygen atoms in total. The molecule has 0 amide bonds. The van der Waals surface area contributed by atoms with Crippen molar-refractivity contribution in [1.29, 1.82) is 0 Å². The van der Waals surface area contributed by atoms with Crippen molar-refractivity contribution < 1.29 is 18.3 Å². The van der Waals surface area contributed by atoms with Gasteiger partial charge in [0.1, 0.15) is 0 Å². The highest BCUT2D eigenvalue weighted by Crippen LogP contribution is 2.41. The summed E-state index contributed by atoms with van der Waals surface area (Å²) in [5.74, 6) is 0.0746. The van der Waals surface area contributed by atoms with Crippen molar-refractivity contribution in [3.05, 3.63) is 34.3 Å². The van der Waals surface area contributed by atoms with Gasteiger partial charge in [-0.1, -0.05) is 23.7 Å². The molecule has 3 N–H and O–H groups in total. The third kappa shape index (κ3) is 2.63. The fourth-order valence-electron chi connectivity index (χ4n) is 1.94. The maximum Gasteiger partial charge on any atom is 0.417 e. The molecule has 1 aromatic carbocycles. The van der Waals surface area contributed by atoms with Crippen LogP contribution in [0.3, 0.4) is 0 Å². The molecule has 1 aliphatic rings. The van der Waals surface area contributed by atoms with Crippen molar-refractivity contribution in [2.45, 2.75) is 31.2 Å². The average Bonchev–Trinajstić information content (AvgIpc) is 3.09. The molecule has 0 bridgehead atoms. The van der Waals surface area contributed by atoms with Crippen molar-refractivity contribution in [2.24, 2.45) is 11.7 Å². The van der Waals surface area contributed by atoms with Gasteiger partial charge >= 0.3 is 6.18 Å². The summed E-state index contributed by atoms with van der Waals surface area (Å²) in [6, 6.07) is 2.70. The van der Waals surface area contributed by atoms with E-state index >= 15 is 0 Å². The summed E-state index contributed by atoms with van der Waals surface area (Å²) in [6.07, 6.45) is -3.65. The van der Waals surface area contributed by atoms with Gasteiger partial charge in [0.05, 0.1) is 22.7 Å². The molecule has 0 heterocycles. The number of aliphatic hydroxyl groups is 1. The van der Waals surface area contributed by atoms with E-state index in [9.17, 15) is 18.3 Å². The Morgan fingerprint density at radius 2 is 1.94 bits per heavy atom. The third-order valence-corrected chi connectivity index (χ3v) is 3.59. The smallest absolute Gasteiger partial charge is 0.391 e. The zero-order valence-corrected chi connectivity index (χ0v) is 10.2. The molecule has 0 saturated heterocycles. The monoisotopic (exact) mass is 279 g/mol. The van der Waals surface area contributed by atoms with Crippen LogP contribution in [0.15, 0.2) is 18.2 Å². The summed E-state index contributed by atoms with van der Waals surface area (Å²) in [6.45, 7) is 0. The molecule has 0 aliphatic heterocycles. The summed E-state index contributed by atoms with van der Waals surface area (Å²) < 4.78 is 38.0. The van der Waals surface area contributed by atoms with Gasteiger partial charge < -0.3 is 10.8 Å². The molecule has 100 valence electrons. The van der Waals surface area contributed by atoms with E-state index in [0.717, 1.165) is 18.9 Å². The van der Waals surface area contributed by atoms with E-state index in [1.165, 1.54) is 12.1 Å². The van der Waals surface area contributed by atoms with E-state index < -0.39 is 28.9 Å². The zero-order valence-electron chi connectivity index (χ0n) is 9.41. The first-order chi connectivity index (χ1) is 8.32. The molecule has 0 aromatic heterocycles. The number of alkyl halides is 3. The fourth-order valence-corrected chi connectivity index (χ4v) is 2.30. The Balaban J connectivity index is 2.33. The van der Waals surface area contributed by atoms with Crippen molar-refractivity contribution in [3.63, 3.8) is 0 Å². The van der Waals surface area contributed by atoms with Gasteiger partial charge in [0.2, 0.25) is 0 Å². The Bertz CT molecular complexity index is 445. The lowest BCUT2D eigenvalue weighted by Crippen LogP contribution is -2.28. The number of benzene rings is 1. The molecule has 0 spiro atoms. The first-order valence-corrected chi connectivity index (χ1v) is 5.99. The maximum atomic E-state index is 12.7. The number of halogens is 4. The molecule has 1 aromatic rings. The van der Waals surface area contributed by atoms with Gasteiger partial charge in [-0.05, 0) is 30.4 Å². The van der Waals surface area contributed by atoms with Crippen LogP contribution in [0, 0.1) is 5.92 Å². The van der Waals surface area contributed by atoms with E-state index in [-0.39, 0.29) is 11.5 Å². The van der Waals surface area contributed by atoms with E-state index in [4.69, 9.17) is 17.3 Å². The van der Waals surface area contributed by atoms with Crippen LogP contribution in [0.5, 0.6) is 0 Å². The summed E-state index contributed by atoms with van der Waals surface area (Å²) in [5.41, 5.74) is 5.02. The van der Waals surface area contributed by atoms with Gasteiger partial charge in [-0.15, -0.1) is 0 Å². The van der Waals surface area contributed by atoms with Crippen molar-refractivity contribution in [1.82, 2.24) is 0 Å². The molecule has 18 heavy (non-hydrogen) atoms. The van der Waals surface area contributed by atoms with Crippen LogP contribution in [0.4, 0.5) is 13.2 Å². The van der Waals surface area contributed by atoms with Gasteiger partial charge in [0, 0.05) is 0 Å². The van der Waals surface area contributed by atoms with Crippen LogP contribution in [-0.2, 0) is 6.18 Å². The van der Waals surface area contributed by atoms with Crippen molar-refractivity contribution >= 4 is 11.6 Å². The third-order valence-electron chi connectivity index (χ3n) is 3.17. The van der Waals surface area contributed by atoms with Gasteiger partial charge in [-0.2, -0.15) is 13.2 Å². The number of hydrogen-bond acceptors (Lipinski definition) is 2. The lowest BCUT2D eigenvalue weighted by Gasteiger charge is -2.21. The minimum Gasteiger partial charge on any atom is -0.391 e. The van der Waals surface area contributed by atoms with Crippen molar-refractivity contribution in [2.75, 3.05) is 0 Å². The predicted molar refractivity (Wildman–Crippen MR) is 62.1 cm³/mol. The molecule has 2 atom stereocenters. The van der Waals surface area contributed by atoms with Crippen LogP contribution < -0.4 is 5.73 Å². The van der Waals surface area contributed by atoms with E-state index in [1.54, 1.807) is 0 Å². The topological polar surface area (TPSA) is 46.2 Å². The second kappa shape index (κ2) is 4.72. The minimum absolute atomic E-state index is 0.0746. The molecular formula is C12H13ClF3NO. The summed E-state index contributed by atoms with van der Waals surface area (Å²) >= 11 is 5.75. The molecule has 1 saturated carbocycles. The Morgan fingerprint density at radius 3 is 2.44 bits per heavy atom. The Morgan fingerprint density at radius 1 is 1.33 bits per heavy atom. The fraction of sp³-hybridized carbons (Fsp3) is 0.500. The maximum absolute atomic E-state index is 12.7. The quantitative estimate of drug-likeness (QED) is 0.893. The molecular weight excluding hydrogens is 267 g/mol. The SMILES string of the molecule is N[C@@H](c1cccc(C(F)(F)F)c1Cl)[C@H](O)C1CC1. The van der Waals surface area contributed by atoms with Gasteiger partial charge in [-0.3, -0.25) is 0 Å². The Kier molecular flexibility index (Phi) is 3.58. The largest absolute Gasteiger partial charge is 0.417 e. The Hall–Kier alpha value is -0.780. The molecule has 0 unspecified atom stereocenters. The predicted octanol–water partition coefficient (Wildman–Crippen LogP) is 3.13. The van der Waals surface area contributed by atoms with Crippen molar-refractivity contribution in [3.8, 4) is 0 Å². The zero-order chi connectivity index (χ0) is 13.5. The summed E-state index contributed by atoms with van der Waals surface area (Å²) in [5, 5.41) is 9.44. The lowest BCUT2D eigenvalue weighted by atomic mass is 9.97. The van der Waals surface area contributed by atoms with Gasteiger partial charge in [0.15, 0.2) is 0 Å². The number of aliphatic hydroxyl groups excluding tert-OH is 1.